The van der Waals surface area contributed by atoms with Crippen LogP contribution >= 0.6 is 0 Å². The molecule has 1 aliphatic rings. The first-order valence-corrected chi connectivity index (χ1v) is 8.52. The number of nitrogens with one attached hydrogen (secondary N) is 1. The van der Waals surface area contributed by atoms with Crippen molar-refractivity contribution in [3.05, 3.63) is 60.4 Å². The zero-order chi connectivity index (χ0) is 17.5. The van der Waals surface area contributed by atoms with Crippen molar-refractivity contribution < 1.29 is 9.53 Å². The van der Waals surface area contributed by atoms with Gasteiger partial charge in [0, 0.05) is 49.4 Å². The molecule has 0 radical (unpaired) electrons. The first-order chi connectivity index (χ1) is 12.2. The molecule has 2 heterocycles. The molecule has 1 aromatic carbocycles. The highest BCUT2D eigenvalue weighted by Crippen LogP contribution is 2.24. The molecule has 3 rings (SSSR count). The topological polar surface area (TPSA) is 54.5 Å². The van der Waals surface area contributed by atoms with Gasteiger partial charge in [-0.3, -0.25) is 9.78 Å². The quantitative estimate of drug-likeness (QED) is 0.853. The van der Waals surface area contributed by atoms with Gasteiger partial charge in [-0.2, -0.15) is 0 Å². The van der Waals surface area contributed by atoms with Crippen molar-refractivity contribution in [3.63, 3.8) is 0 Å². The number of methoxy groups -OCH3 is 1. The summed E-state index contributed by atoms with van der Waals surface area (Å²) in [6, 6.07) is 12.0. The Morgan fingerprint density at radius 1 is 1.36 bits per heavy atom. The third kappa shape index (κ3) is 4.83. The first kappa shape index (κ1) is 17.0. The van der Waals surface area contributed by atoms with Gasteiger partial charge in [0.2, 0.25) is 5.91 Å². The zero-order valence-corrected chi connectivity index (χ0v) is 14.4. The minimum atomic E-state index is -0.0682. The first-order valence-electron chi connectivity index (χ1n) is 8.52. The van der Waals surface area contributed by atoms with Gasteiger partial charge < -0.3 is 15.0 Å². The van der Waals surface area contributed by atoms with Gasteiger partial charge in [0.15, 0.2) is 0 Å². The summed E-state index contributed by atoms with van der Waals surface area (Å²) in [6.45, 7) is 1.80. The number of piperidine rings is 1. The number of carbonyl (C=O) groups excluding carboxylic acids is 1. The predicted octanol–water partition coefficient (Wildman–Crippen LogP) is 2.89. The van der Waals surface area contributed by atoms with Gasteiger partial charge in [0.25, 0.3) is 0 Å². The van der Waals surface area contributed by atoms with Crippen LogP contribution in [-0.4, -0.2) is 37.1 Å². The number of hydrogen-bond acceptors (Lipinski definition) is 4. The number of anilines is 1. The fraction of sp³-hybridized carbons (Fsp3) is 0.300. The molecule has 1 amide bonds. The van der Waals surface area contributed by atoms with Crippen LogP contribution in [0.5, 0.6) is 5.75 Å². The van der Waals surface area contributed by atoms with E-state index in [1.54, 1.807) is 31.7 Å². The van der Waals surface area contributed by atoms with Crippen molar-refractivity contribution in [2.24, 2.45) is 0 Å². The Morgan fingerprint density at radius 2 is 2.28 bits per heavy atom. The van der Waals surface area contributed by atoms with Crippen molar-refractivity contribution in [2.75, 3.05) is 25.1 Å². The summed E-state index contributed by atoms with van der Waals surface area (Å²) >= 11 is 0. The summed E-state index contributed by atoms with van der Waals surface area (Å²) in [6.07, 6.45) is 8.84. The Balaban J connectivity index is 1.57. The van der Waals surface area contributed by atoms with E-state index in [2.05, 4.69) is 21.3 Å². The Morgan fingerprint density at radius 3 is 3.08 bits per heavy atom. The lowest BCUT2D eigenvalue weighted by Gasteiger charge is -2.34. The van der Waals surface area contributed by atoms with Crippen molar-refractivity contribution in [3.8, 4) is 5.75 Å². The molecule has 0 bridgehead atoms. The van der Waals surface area contributed by atoms with E-state index in [0.717, 1.165) is 42.9 Å². The summed E-state index contributed by atoms with van der Waals surface area (Å²) in [7, 11) is 1.67. The van der Waals surface area contributed by atoms with Crippen molar-refractivity contribution >= 4 is 17.7 Å². The van der Waals surface area contributed by atoms with Crippen molar-refractivity contribution in [1.29, 1.82) is 0 Å². The number of nitrogens with zero attached hydrogens (tertiary/aromatic N) is 2. The maximum atomic E-state index is 12.2. The molecular formula is C20H23N3O2. The van der Waals surface area contributed by atoms with Crippen LogP contribution in [-0.2, 0) is 4.79 Å². The molecule has 5 heteroatoms. The number of ether oxygens (including phenoxy) is 1. The minimum absolute atomic E-state index is 0.0682. The fourth-order valence-corrected chi connectivity index (χ4v) is 3.03. The highest BCUT2D eigenvalue weighted by atomic mass is 16.5. The van der Waals surface area contributed by atoms with Gasteiger partial charge in [-0.25, -0.2) is 0 Å². The van der Waals surface area contributed by atoms with Crippen LogP contribution in [0.15, 0.2) is 54.9 Å². The number of amides is 1. The second kappa shape index (κ2) is 8.33. The molecule has 0 aliphatic carbocycles. The molecule has 5 nitrogen and oxygen atoms in total. The van der Waals surface area contributed by atoms with Crippen LogP contribution in [0.3, 0.4) is 0 Å². The molecule has 130 valence electrons. The molecule has 1 aromatic heterocycles. The fourth-order valence-electron chi connectivity index (χ4n) is 3.03. The zero-order valence-electron chi connectivity index (χ0n) is 14.4. The average molecular weight is 337 g/mol. The Kier molecular flexibility index (Phi) is 5.67. The number of carbonyl (C=O) groups is 1. The minimum Gasteiger partial charge on any atom is -0.497 e. The van der Waals surface area contributed by atoms with E-state index in [9.17, 15) is 4.79 Å². The lowest BCUT2D eigenvalue weighted by Crippen LogP contribution is -2.47. The van der Waals surface area contributed by atoms with E-state index in [4.69, 9.17) is 4.74 Å². The Labute approximate surface area is 148 Å². The normalized spacial score (nSPS) is 17.5. The smallest absolute Gasteiger partial charge is 0.244 e. The van der Waals surface area contributed by atoms with E-state index in [1.807, 2.05) is 30.3 Å². The van der Waals surface area contributed by atoms with E-state index < -0.39 is 0 Å². The van der Waals surface area contributed by atoms with Crippen LogP contribution in [0.2, 0.25) is 0 Å². The van der Waals surface area contributed by atoms with Gasteiger partial charge in [0.1, 0.15) is 5.75 Å². The number of pyridine rings is 1. The number of benzene rings is 1. The van der Waals surface area contributed by atoms with Gasteiger partial charge in [0.05, 0.1) is 7.11 Å². The molecule has 1 N–H and O–H groups in total. The van der Waals surface area contributed by atoms with Crippen LogP contribution in [0.1, 0.15) is 18.4 Å². The molecule has 25 heavy (non-hydrogen) atoms. The largest absolute Gasteiger partial charge is 0.497 e. The van der Waals surface area contributed by atoms with Crippen LogP contribution in [0.4, 0.5) is 5.69 Å². The summed E-state index contributed by atoms with van der Waals surface area (Å²) in [5, 5.41) is 3.10. The van der Waals surface area contributed by atoms with E-state index in [-0.39, 0.29) is 11.9 Å². The number of rotatable bonds is 5. The third-order valence-electron chi connectivity index (χ3n) is 4.30. The van der Waals surface area contributed by atoms with E-state index in [1.165, 1.54) is 0 Å². The molecule has 2 aromatic rings. The summed E-state index contributed by atoms with van der Waals surface area (Å²) < 4.78 is 5.30. The highest BCUT2D eigenvalue weighted by molar-refractivity contribution is 5.91. The lowest BCUT2D eigenvalue weighted by molar-refractivity contribution is -0.117. The molecule has 1 aliphatic heterocycles. The van der Waals surface area contributed by atoms with Gasteiger partial charge in [-0.05, 0) is 42.7 Å². The Hall–Kier alpha value is -2.82. The monoisotopic (exact) mass is 337 g/mol. The van der Waals surface area contributed by atoms with Crippen molar-refractivity contribution in [1.82, 2.24) is 10.3 Å². The van der Waals surface area contributed by atoms with Crippen LogP contribution in [0.25, 0.3) is 6.08 Å². The van der Waals surface area contributed by atoms with Crippen molar-refractivity contribution in [2.45, 2.75) is 18.9 Å². The maximum absolute atomic E-state index is 12.2. The summed E-state index contributed by atoms with van der Waals surface area (Å²) in [4.78, 5) is 18.5. The molecule has 1 fully saturated rings. The maximum Gasteiger partial charge on any atom is 0.244 e. The molecule has 1 unspecified atom stereocenters. The van der Waals surface area contributed by atoms with Crippen LogP contribution in [0, 0.1) is 0 Å². The average Bonchev–Trinajstić information content (AvgIpc) is 2.67. The van der Waals surface area contributed by atoms with E-state index >= 15 is 0 Å². The summed E-state index contributed by atoms with van der Waals surface area (Å²) in [5.74, 6) is 0.782. The molecule has 0 spiro atoms. The molecule has 1 atom stereocenters. The third-order valence-corrected chi connectivity index (χ3v) is 4.30. The molecular weight excluding hydrogens is 314 g/mol. The van der Waals surface area contributed by atoms with Gasteiger partial charge in [-0.1, -0.05) is 12.1 Å². The summed E-state index contributed by atoms with van der Waals surface area (Å²) in [5.41, 5.74) is 2.04. The number of aromatic nitrogens is 1. The second-order valence-corrected chi connectivity index (χ2v) is 6.11. The van der Waals surface area contributed by atoms with Crippen LogP contribution < -0.4 is 15.0 Å². The SMILES string of the molecule is COc1cccc(N2CCCC(NC(=O)C=Cc3cccnc3)C2)c1. The second-order valence-electron chi connectivity index (χ2n) is 6.11. The standard InChI is InChI=1S/C20H23N3O2/c1-25-19-8-2-7-18(13-19)23-12-4-6-17(15-23)22-20(24)10-9-16-5-3-11-21-14-16/h2-3,5,7-11,13-14,17H,4,6,12,15H2,1H3,(H,22,24). The van der Waals surface area contributed by atoms with E-state index in [0.29, 0.717) is 0 Å². The predicted molar refractivity (Wildman–Crippen MR) is 99.6 cm³/mol. The Bertz CT molecular complexity index is 731. The lowest BCUT2D eigenvalue weighted by atomic mass is 10.0. The molecule has 0 saturated carbocycles. The van der Waals surface area contributed by atoms with Gasteiger partial charge in [-0.15, -0.1) is 0 Å². The highest BCUT2D eigenvalue weighted by Gasteiger charge is 2.21. The van der Waals surface area contributed by atoms with Gasteiger partial charge >= 0.3 is 0 Å². The molecule has 1 saturated heterocycles. The number of hydrogen-bond donors (Lipinski definition) is 1.